The molecule has 0 radical (unpaired) electrons. The third-order valence-corrected chi connectivity index (χ3v) is 6.12. The van der Waals surface area contributed by atoms with E-state index in [-0.39, 0.29) is 6.61 Å². The maximum Gasteiger partial charge on any atom is 0.344 e. The molecule has 0 bridgehead atoms. The highest BCUT2D eigenvalue weighted by Crippen LogP contribution is 2.48. The summed E-state index contributed by atoms with van der Waals surface area (Å²) in [4.78, 5) is 30.9. The molecule has 0 spiro atoms. The molecule has 0 aromatic heterocycles. The van der Waals surface area contributed by atoms with Crippen molar-refractivity contribution >= 4 is 13.6 Å². The van der Waals surface area contributed by atoms with Crippen molar-refractivity contribution in [2.24, 2.45) is 0 Å². The standard InChI is InChI=1S/C22H28NO5P/c1-4-28-21(24)15-14-20(23-22(2,3)29(25,26)27)16-17-10-12-19(13-11-17)18-8-6-5-7-9-18/h5-15,20,23H,4,16H2,1-3H3,(H2,25,26,27)/b15-14+/t20-/m1/s1. The first kappa shape index (κ1) is 23.0. The molecule has 0 aliphatic heterocycles. The van der Waals surface area contributed by atoms with E-state index in [2.05, 4.69) is 5.32 Å². The van der Waals surface area contributed by atoms with E-state index >= 15 is 0 Å². The largest absolute Gasteiger partial charge is 0.463 e. The second-order valence-corrected chi connectivity index (χ2v) is 9.44. The van der Waals surface area contributed by atoms with Gasteiger partial charge < -0.3 is 14.5 Å². The van der Waals surface area contributed by atoms with Gasteiger partial charge in [-0.3, -0.25) is 9.88 Å². The van der Waals surface area contributed by atoms with Gasteiger partial charge in [0, 0.05) is 12.1 Å². The summed E-state index contributed by atoms with van der Waals surface area (Å²) in [6, 6.07) is 17.5. The second kappa shape index (κ2) is 9.99. The zero-order valence-corrected chi connectivity index (χ0v) is 17.8. The molecule has 0 unspecified atom stereocenters. The monoisotopic (exact) mass is 417 g/mol. The Kier molecular flexibility index (Phi) is 7.94. The van der Waals surface area contributed by atoms with E-state index in [1.165, 1.54) is 19.9 Å². The molecular weight excluding hydrogens is 389 g/mol. The number of benzene rings is 2. The van der Waals surface area contributed by atoms with Crippen molar-refractivity contribution in [2.75, 3.05) is 6.61 Å². The Hall–Kier alpha value is -2.24. The van der Waals surface area contributed by atoms with Crippen LogP contribution in [0.2, 0.25) is 0 Å². The zero-order chi connectivity index (χ0) is 21.5. The maximum atomic E-state index is 11.8. The average Bonchev–Trinajstić information content (AvgIpc) is 2.66. The van der Waals surface area contributed by atoms with Gasteiger partial charge in [-0.1, -0.05) is 60.7 Å². The first-order valence-corrected chi connectivity index (χ1v) is 11.1. The van der Waals surface area contributed by atoms with Gasteiger partial charge in [-0.2, -0.15) is 0 Å². The molecule has 0 heterocycles. The Morgan fingerprint density at radius 1 is 1.10 bits per heavy atom. The number of ether oxygens (including phenoxy) is 1. The van der Waals surface area contributed by atoms with Gasteiger partial charge in [-0.25, -0.2) is 4.79 Å². The van der Waals surface area contributed by atoms with Crippen LogP contribution in [0.15, 0.2) is 66.7 Å². The molecule has 2 aromatic carbocycles. The van der Waals surface area contributed by atoms with Gasteiger partial charge in [0.15, 0.2) is 0 Å². The highest BCUT2D eigenvalue weighted by molar-refractivity contribution is 7.53. The summed E-state index contributed by atoms with van der Waals surface area (Å²) in [5.74, 6) is -0.493. The number of carbonyl (C=O) groups excluding carboxylic acids is 1. The Labute approximate surface area is 171 Å². The fourth-order valence-electron chi connectivity index (χ4n) is 2.81. The van der Waals surface area contributed by atoms with Gasteiger partial charge in [0.25, 0.3) is 0 Å². The van der Waals surface area contributed by atoms with Gasteiger partial charge in [0.05, 0.1) is 6.61 Å². The van der Waals surface area contributed by atoms with E-state index in [9.17, 15) is 19.1 Å². The van der Waals surface area contributed by atoms with Crippen LogP contribution in [-0.2, 0) is 20.5 Å². The first-order chi connectivity index (χ1) is 13.6. The third kappa shape index (κ3) is 6.94. The maximum absolute atomic E-state index is 11.8. The lowest BCUT2D eigenvalue weighted by Gasteiger charge is -2.31. The van der Waals surface area contributed by atoms with Crippen molar-refractivity contribution in [1.82, 2.24) is 5.32 Å². The van der Waals surface area contributed by atoms with E-state index < -0.39 is 24.9 Å². The molecule has 0 amide bonds. The number of carbonyl (C=O) groups is 1. The van der Waals surface area contributed by atoms with Crippen molar-refractivity contribution in [2.45, 2.75) is 38.5 Å². The van der Waals surface area contributed by atoms with Crippen molar-refractivity contribution in [1.29, 1.82) is 0 Å². The lowest BCUT2D eigenvalue weighted by molar-refractivity contribution is -0.137. The number of rotatable bonds is 9. The molecule has 0 aliphatic carbocycles. The van der Waals surface area contributed by atoms with Crippen molar-refractivity contribution in [3.05, 3.63) is 72.3 Å². The summed E-state index contributed by atoms with van der Waals surface area (Å²) in [5, 5.41) is 1.52. The number of esters is 1. The first-order valence-electron chi connectivity index (χ1n) is 9.45. The highest BCUT2D eigenvalue weighted by atomic mass is 31.2. The lowest BCUT2D eigenvalue weighted by atomic mass is 10.00. The van der Waals surface area contributed by atoms with E-state index in [1.54, 1.807) is 13.0 Å². The second-order valence-electron chi connectivity index (χ2n) is 7.23. The van der Waals surface area contributed by atoms with Gasteiger partial charge in [-0.05, 0) is 43.9 Å². The molecule has 7 heteroatoms. The normalized spacial score (nSPS) is 13.4. The van der Waals surface area contributed by atoms with E-state index in [0.717, 1.165) is 16.7 Å². The molecular formula is C22H28NO5P. The Balaban J connectivity index is 2.20. The molecule has 3 N–H and O–H groups in total. The van der Waals surface area contributed by atoms with Gasteiger partial charge in [-0.15, -0.1) is 0 Å². The van der Waals surface area contributed by atoms with Crippen LogP contribution in [0.4, 0.5) is 0 Å². The summed E-state index contributed by atoms with van der Waals surface area (Å²) in [7, 11) is -4.40. The SMILES string of the molecule is CCOC(=O)/C=C/[C@H](Cc1ccc(-c2ccccc2)cc1)NC(C)(C)P(=O)(O)O. The van der Waals surface area contributed by atoms with Gasteiger partial charge >= 0.3 is 13.6 Å². The minimum atomic E-state index is -4.40. The van der Waals surface area contributed by atoms with E-state index in [1.807, 2.05) is 54.6 Å². The molecule has 0 fully saturated rings. The fraction of sp³-hybridized carbons (Fsp3) is 0.318. The fourth-order valence-corrected chi connectivity index (χ4v) is 3.14. The van der Waals surface area contributed by atoms with Crippen molar-refractivity contribution in [3.63, 3.8) is 0 Å². The summed E-state index contributed by atoms with van der Waals surface area (Å²) in [6.45, 7) is 4.86. The van der Waals surface area contributed by atoms with Crippen LogP contribution in [-0.4, -0.2) is 33.7 Å². The van der Waals surface area contributed by atoms with Gasteiger partial charge in [0.1, 0.15) is 5.28 Å². The molecule has 6 nitrogen and oxygen atoms in total. The average molecular weight is 417 g/mol. The molecule has 29 heavy (non-hydrogen) atoms. The third-order valence-electron chi connectivity index (χ3n) is 4.53. The Bertz CT molecular complexity index is 872. The van der Waals surface area contributed by atoms with Crippen LogP contribution in [0.5, 0.6) is 0 Å². The molecule has 2 rings (SSSR count). The Morgan fingerprint density at radius 3 is 2.24 bits per heavy atom. The van der Waals surface area contributed by atoms with E-state index in [4.69, 9.17) is 4.74 Å². The predicted molar refractivity (Wildman–Crippen MR) is 114 cm³/mol. The lowest BCUT2D eigenvalue weighted by Crippen LogP contribution is -2.45. The van der Waals surface area contributed by atoms with E-state index in [0.29, 0.717) is 6.42 Å². The quantitative estimate of drug-likeness (QED) is 0.326. The summed E-state index contributed by atoms with van der Waals surface area (Å²) in [6.07, 6.45) is 3.32. The minimum absolute atomic E-state index is 0.260. The Morgan fingerprint density at radius 2 is 1.69 bits per heavy atom. The number of hydrogen-bond acceptors (Lipinski definition) is 4. The zero-order valence-electron chi connectivity index (χ0n) is 16.9. The van der Waals surface area contributed by atoms with Crippen LogP contribution in [0.25, 0.3) is 11.1 Å². The summed E-state index contributed by atoms with van der Waals surface area (Å²) < 4.78 is 16.7. The minimum Gasteiger partial charge on any atom is -0.463 e. The molecule has 0 aliphatic rings. The molecule has 2 aromatic rings. The van der Waals surface area contributed by atoms with Crippen LogP contribution in [0.3, 0.4) is 0 Å². The molecule has 156 valence electrons. The number of hydrogen-bond donors (Lipinski definition) is 3. The van der Waals surface area contributed by atoms with Crippen LogP contribution in [0, 0.1) is 0 Å². The molecule has 0 saturated carbocycles. The summed E-state index contributed by atoms with van der Waals surface area (Å²) >= 11 is 0. The van der Waals surface area contributed by atoms with Crippen LogP contribution in [0.1, 0.15) is 26.3 Å². The molecule has 1 atom stereocenters. The topological polar surface area (TPSA) is 95.9 Å². The smallest absolute Gasteiger partial charge is 0.344 e. The van der Waals surface area contributed by atoms with Crippen LogP contribution >= 0.6 is 7.60 Å². The van der Waals surface area contributed by atoms with Crippen LogP contribution < -0.4 is 5.32 Å². The summed E-state index contributed by atoms with van der Waals surface area (Å²) in [5.41, 5.74) is 3.16. The van der Waals surface area contributed by atoms with Crippen molar-refractivity contribution in [3.8, 4) is 11.1 Å². The highest BCUT2D eigenvalue weighted by Gasteiger charge is 2.38. The van der Waals surface area contributed by atoms with Crippen molar-refractivity contribution < 1.29 is 23.9 Å². The van der Waals surface area contributed by atoms with Gasteiger partial charge in [0.2, 0.25) is 0 Å². The number of nitrogens with one attached hydrogen (secondary N) is 1. The predicted octanol–water partition coefficient (Wildman–Crippen LogP) is 3.89. The molecule has 0 saturated heterocycles.